The Bertz CT molecular complexity index is 1110. The van der Waals surface area contributed by atoms with Crippen LogP contribution in [0.1, 0.15) is 24.0 Å². The number of nitrogens with one attached hydrogen (secondary N) is 1. The molecule has 1 aromatic heterocycles. The third-order valence-electron chi connectivity index (χ3n) is 5.44. The molecule has 1 unspecified atom stereocenters. The van der Waals surface area contributed by atoms with Crippen molar-refractivity contribution in [2.75, 3.05) is 10.2 Å². The Morgan fingerprint density at radius 2 is 1.97 bits per heavy atom. The summed E-state index contributed by atoms with van der Waals surface area (Å²) >= 11 is 1.46. The minimum absolute atomic E-state index is 0.00855. The van der Waals surface area contributed by atoms with E-state index in [-0.39, 0.29) is 11.8 Å². The second kappa shape index (κ2) is 6.77. The lowest BCUT2D eigenvalue weighted by Crippen LogP contribution is -2.49. The number of aromatic nitrogens is 2. The first-order chi connectivity index (χ1) is 14.1. The van der Waals surface area contributed by atoms with Crippen LogP contribution < -0.4 is 10.2 Å². The van der Waals surface area contributed by atoms with Crippen molar-refractivity contribution in [1.82, 2.24) is 9.78 Å². The fraction of sp³-hybridized carbons (Fsp3) is 0.227. The fourth-order valence-electron chi connectivity index (χ4n) is 3.94. The standard InChI is InChI=1S/C22H20N4O2S/c1-15-6-8-16(9-7-15)14-25-19(11-13-23-25)24-21(28)22-12-10-20(27)26(22)17-4-2-3-5-18(17)29-22/h2-9,11,13H,10,12,14H2,1H3,(H,24,28). The number of hydrogen-bond acceptors (Lipinski definition) is 4. The summed E-state index contributed by atoms with van der Waals surface area (Å²) < 4.78 is 1.77. The van der Waals surface area contributed by atoms with Crippen LogP contribution in [0.3, 0.4) is 0 Å². The molecule has 0 bridgehead atoms. The number of thioether (sulfide) groups is 1. The van der Waals surface area contributed by atoms with Crippen LogP contribution in [0.25, 0.3) is 0 Å². The molecule has 0 radical (unpaired) electrons. The van der Waals surface area contributed by atoms with Gasteiger partial charge in [-0.25, -0.2) is 4.68 Å². The van der Waals surface area contributed by atoms with Crippen molar-refractivity contribution >= 4 is 35.1 Å². The Morgan fingerprint density at radius 1 is 1.17 bits per heavy atom. The molecule has 0 spiro atoms. The number of rotatable bonds is 4. The number of nitrogens with zero attached hydrogens (tertiary/aromatic N) is 3. The molecule has 3 aromatic rings. The van der Waals surface area contributed by atoms with Gasteiger partial charge in [-0.1, -0.05) is 53.7 Å². The van der Waals surface area contributed by atoms with E-state index in [2.05, 4.69) is 41.6 Å². The largest absolute Gasteiger partial charge is 0.308 e. The van der Waals surface area contributed by atoms with Gasteiger partial charge >= 0.3 is 0 Å². The van der Waals surface area contributed by atoms with Crippen LogP contribution in [0, 0.1) is 6.92 Å². The number of benzene rings is 2. The van der Waals surface area contributed by atoms with E-state index in [4.69, 9.17) is 0 Å². The fourth-order valence-corrected chi connectivity index (χ4v) is 5.36. The molecule has 146 valence electrons. The zero-order chi connectivity index (χ0) is 20.0. The molecule has 1 fully saturated rings. The molecule has 7 heteroatoms. The number of carbonyl (C=O) groups is 2. The van der Waals surface area contributed by atoms with Gasteiger partial charge in [0.2, 0.25) is 5.91 Å². The van der Waals surface area contributed by atoms with Crippen LogP contribution in [0.2, 0.25) is 0 Å². The van der Waals surface area contributed by atoms with Gasteiger partial charge in [0.25, 0.3) is 5.91 Å². The Labute approximate surface area is 172 Å². The van der Waals surface area contributed by atoms with Crippen LogP contribution in [0.15, 0.2) is 65.7 Å². The molecule has 1 saturated heterocycles. The lowest BCUT2D eigenvalue weighted by atomic mass is 10.1. The van der Waals surface area contributed by atoms with Gasteiger partial charge < -0.3 is 5.32 Å². The number of hydrogen-bond donors (Lipinski definition) is 1. The number of para-hydroxylation sites is 1. The first kappa shape index (κ1) is 18.0. The number of anilines is 2. The Kier molecular flexibility index (Phi) is 4.20. The summed E-state index contributed by atoms with van der Waals surface area (Å²) in [6.45, 7) is 2.61. The summed E-state index contributed by atoms with van der Waals surface area (Å²) in [6, 6.07) is 17.7. The normalized spacial score (nSPS) is 19.9. The molecule has 5 rings (SSSR count). The van der Waals surface area contributed by atoms with Gasteiger partial charge in [0, 0.05) is 17.4 Å². The van der Waals surface area contributed by atoms with Crippen LogP contribution in [0.5, 0.6) is 0 Å². The van der Waals surface area contributed by atoms with E-state index in [1.165, 1.54) is 17.3 Å². The smallest absolute Gasteiger partial charge is 0.262 e. The highest BCUT2D eigenvalue weighted by atomic mass is 32.2. The third kappa shape index (κ3) is 2.93. The molecule has 29 heavy (non-hydrogen) atoms. The predicted molar refractivity (Wildman–Crippen MR) is 113 cm³/mol. The van der Waals surface area contributed by atoms with Gasteiger partial charge in [0.1, 0.15) is 5.82 Å². The third-order valence-corrected chi connectivity index (χ3v) is 6.91. The topological polar surface area (TPSA) is 67.2 Å². The predicted octanol–water partition coefficient (Wildman–Crippen LogP) is 3.81. The summed E-state index contributed by atoms with van der Waals surface area (Å²) in [7, 11) is 0. The molecule has 2 aliphatic rings. The van der Waals surface area contributed by atoms with E-state index in [9.17, 15) is 9.59 Å². The Balaban J connectivity index is 1.41. The van der Waals surface area contributed by atoms with Crippen molar-refractivity contribution in [3.05, 3.63) is 71.9 Å². The van der Waals surface area contributed by atoms with Crippen LogP contribution >= 0.6 is 11.8 Å². The van der Waals surface area contributed by atoms with Crippen molar-refractivity contribution in [1.29, 1.82) is 0 Å². The molecule has 2 aromatic carbocycles. The lowest BCUT2D eigenvalue weighted by Gasteiger charge is -2.29. The van der Waals surface area contributed by atoms with Gasteiger partial charge in [-0.15, -0.1) is 0 Å². The van der Waals surface area contributed by atoms with E-state index in [0.29, 0.717) is 25.2 Å². The minimum atomic E-state index is -0.931. The number of aryl methyl sites for hydroxylation is 1. The monoisotopic (exact) mass is 404 g/mol. The van der Waals surface area contributed by atoms with E-state index in [0.717, 1.165) is 16.1 Å². The SMILES string of the molecule is Cc1ccc(Cn2nccc2NC(=O)C23CCC(=O)N2c2ccccc2S3)cc1. The molecule has 1 atom stereocenters. The second-order valence-electron chi connectivity index (χ2n) is 7.40. The highest BCUT2D eigenvalue weighted by Gasteiger charge is 2.57. The molecule has 0 aliphatic carbocycles. The lowest BCUT2D eigenvalue weighted by molar-refractivity contribution is -0.121. The van der Waals surface area contributed by atoms with E-state index < -0.39 is 4.87 Å². The van der Waals surface area contributed by atoms with Gasteiger partial charge in [0.05, 0.1) is 18.4 Å². The number of amides is 2. The van der Waals surface area contributed by atoms with Gasteiger partial charge in [0.15, 0.2) is 4.87 Å². The molecule has 2 amide bonds. The maximum atomic E-state index is 13.4. The summed E-state index contributed by atoms with van der Waals surface area (Å²) in [6.07, 6.45) is 2.54. The molecule has 6 nitrogen and oxygen atoms in total. The molecule has 1 N–H and O–H groups in total. The van der Waals surface area contributed by atoms with Crippen molar-refractivity contribution in [2.24, 2.45) is 0 Å². The van der Waals surface area contributed by atoms with E-state index >= 15 is 0 Å². The first-order valence-electron chi connectivity index (χ1n) is 9.57. The zero-order valence-electron chi connectivity index (χ0n) is 16.0. The summed E-state index contributed by atoms with van der Waals surface area (Å²) in [5.41, 5.74) is 3.13. The zero-order valence-corrected chi connectivity index (χ0v) is 16.8. The summed E-state index contributed by atoms with van der Waals surface area (Å²) in [5, 5.41) is 7.39. The first-order valence-corrected chi connectivity index (χ1v) is 10.4. The average molecular weight is 404 g/mol. The van der Waals surface area contributed by atoms with Gasteiger partial charge in [-0.3, -0.25) is 14.5 Å². The second-order valence-corrected chi connectivity index (χ2v) is 8.72. The van der Waals surface area contributed by atoms with Crippen molar-refractivity contribution in [3.8, 4) is 0 Å². The van der Waals surface area contributed by atoms with Gasteiger partial charge in [-0.2, -0.15) is 5.10 Å². The van der Waals surface area contributed by atoms with Crippen molar-refractivity contribution in [3.63, 3.8) is 0 Å². The van der Waals surface area contributed by atoms with Crippen molar-refractivity contribution < 1.29 is 9.59 Å². The maximum Gasteiger partial charge on any atom is 0.262 e. The molecule has 2 aliphatic heterocycles. The average Bonchev–Trinajstić information content (AvgIpc) is 3.38. The summed E-state index contributed by atoms with van der Waals surface area (Å²) in [4.78, 5) is 27.7. The summed E-state index contributed by atoms with van der Waals surface area (Å²) in [5.74, 6) is 0.432. The highest BCUT2D eigenvalue weighted by Crippen LogP contribution is 2.55. The number of fused-ring (bicyclic) bond motifs is 3. The quantitative estimate of drug-likeness (QED) is 0.718. The number of carbonyl (C=O) groups excluding carboxylic acids is 2. The highest BCUT2D eigenvalue weighted by molar-refractivity contribution is 8.02. The minimum Gasteiger partial charge on any atom is -0.308 e. The van der Waals surface area contributed by atoms with Crippen molar-refractivity contribution in [2.45, 2.75) is 36.1 Å². The van der Waals surface area contributed by atoms with E-state index in [1.54, 1.807) is 21.8 Å². The van der Waals surface area contributed by atoms with Crippen LogP contribution in [0.4, 0.5) is 11.5 Å². The Hall–Kier alpha value is -3.06. The van der Waals surface area contributed by atoms with Crippen LogP contribution in [-0.2, 0) is 16.1 Å². The van der Waals surface area contributed by atoms with Gasteiger partial charge in [-0.05, 0) is 31.0 Å². The molecule has 3 heterocycles. The van der Waals surface area contributed by atoms with E-state index in [1.807, 2.05) is 24.3 Å². The molecule has 0 saturated carbocycles. The Morgan fingerprint density at radius 3 is 2.79 bits per heavy atom. The molecular formula is C22H20N4O2S. The van der Waals surface area contributed by atoms with Crippen LogP contribution in [-0.4, -0.2) is 26.5 Å². The molecular weight excluding hydrogens is 384 g/mol. The maximum absolute atomic E-state index is 13.4.